The molecule has 0 radical (unpaired) electrons. The van der Waals surface area contributed by atoms with E-state index in [1.54, 1.807) is 0 Å². The normalized spacial score (nSPS) is 10.1. The molecule has 0 aliphatic carbocycles. The molecule has 2 aromatic rings. The van der Waals surface area contributed by atoms with E-state index in [0.717, 1.165) is 16.8 Å². The Kier molecular flexibility index (Phi) is 3.57. The van der Waals surface area contributed by atoms with Crippen molar-refractivity contribution in [3.05, 3.63) is 58.3 Å². The van der Waals surface area contributed by atoms with Crippen LogP contribution in [-0.2, 0) is 6.54 Å². The van der Waals surface area contributed by atoms with Gasteiger partial charge >= 0.3 is 0 Å². The molecule has 0 saturated carbocycles. The van der Waals surface area contributed by atoms with E-state index in [9.17, 15) is 0 Å². The molecule has 0 bridgehead atoms. The molecule has 0 amide bonds. The fraction of sp³-hybridized carbons (Fsp3) is 0.154. The molecule has 1 aromatic carbocycles. The number of nitrogens with zero attached hydrogens (tertiary/aromatic N) is 1. The summed E-state index contributed by atoms with van der Waals surface area (Å²) in [6, 6.07) is 12.4. The van der Waals surface area contributed by atoms with Crippen molar-refractivity contribution in [2.75, 3.05) is 5.32 Å². The Hall–Kier alpha value is -1.35. The van der Waals surface area contributed by atoms with Gasteiger partial charge in [-0.25, -0.2) is 4.98 Å². The molecule has 1 aromatic heterocycles. The molecule has 1 N–H and O–H groups in total. The lowest BCUT2D eigenvalue weighted by Gasteiger charge is -2.06. The number of anilines is 1. The fourth-order valence-corrected chi connectivity index (χ4v) is 1.74. The molecule has 0 aliphatic heterocycles. The molecule has 0 saturated heterocycles. The zero-order valence-corrected chi connectivity index (χ0v) is 10.7. The standard InChI is InChI=1S/C13H13BrN2/c1-10-3-2-4-11(7-10)8-15-12-5-6-13(14)16-9-12/h2-7,9,15H,8H2,1H3. The van der Waals surface area contributed by atoms with E-state index >= 15 is 0 Å². The second kappa shape index (κ2) is 5.12. The Morgan fingerprint density at radius 2 is 2.12 bits per heavy atom. The highest BCUT2D eigenvalue weighted by Gasteiger charge is 1.95. The minimum absolute atomic E-state index is 0.824. The van der Waals surface area contributed by atoms with Crippen LogP contribution in [0.25, 0.3) is 0 Å². The van der Waals surface area contributed by atoms with Gasteiger partial charge in [0.05, 0.1) is 11.9 Å². The number of pyridine rings is 1. The summed E-state index contributed by atoms with van der Waals surface area (Å²) in [5.74, 6) is 0. The van der Waals surface area contributed by atoms with Crippen molar-refractivity contribution >= 4 is 21.6 Å². The SMILES string of the molecule is Cc1cccc(CNc2ccc(Br)nc2)c1. The van der Waals surface area contributed by atoms with Gasteiger partial charge < -0.3 is 5.32 Å². The molecule has 82 valence electrons. The van der Waals surface area contributed by atoms with Crippen LogP contribution in [-0.4, -0.2) is 4.98 Å². The number of aryl methyl sites for hydroxylation is 1. The van der Waals surface area contributed by atoms with Crippen LogP contribution in [0, 0.1) is 6.92 Å². The van der Waals surface area contributed by atoms with Gasteiger partial charge in [-0.05, 0) is 40.5 Å². The third-order valence-electron chi connectivity index (χ3n) is 2.31. The fourth-order valence-electron chi connectivity index (χ4n) is 1.51. The van der Waals surface area contributed by atoms with Crippen LogP contribution >= 0.6 is 15.9 Å². The summed E-state index contributed by atoms with van der Waals surface area (Å²) in [5.41, 5.74) is 3.60. The summed E-state index contributed by atoms with van der Waals surface area (Å²) < 4.78 is 0.855. The topological polar surface area (TPSA) is 24.9 Å². The zero-order chi connectivity index (χ0) is 11.4. The maximum atomic E-state index is 4.16. The predicted molar refractivity (Wildman–Crippen MR) is 70.4 cm³/mol. The smallest absolute Gasteiger partial charge is 0.106 e. The average molecular weight is 277 g/mol. The molecular weight excluding hydrogens is 264 g/mol. The molecule has 0 spiro atoms. The van der Waals surface area contributed by atoms with Crippen molar-refractivity contribution in [3.63, 3.8) is 0 Å². The molecule has 16 heavy (non-hydrogen) atoms. The van der Waals surface area contributed by atoms with E-state index in [4.69, 9.17) is 0 Å². The Morgan fingerprint density at radius 1 is 1.25 bits per heavy atom. The number of aromatic nitrogens is 1. The van der Waals surface area contributed by atoms with Gasteiger partial charge in [-0.1, -0.05) is 29.8 Å². The van der Waals surface area contributed by atoms with Crippen LogP contribution in [0.5, 0.6) is 0 Å². The summed E-state index contributed by atoms with van der Waals surface area (Å²) in [6.07, 6.45) is 1.82. The monoisotopic (exact) mass is 276 g/mol. The lowest BCUT2D eigenvalue weighted by Crippen LogP contribution is -1.99. The second-order valence-corrected chi connectivity index (χ2v) is 4.52. The van der Waals surface area contributed by atoms with Gasteiger partial charge in [0.25, 0.3) is 0 Å². The molecule has 0 aliphatic rings. The van der Waals surface area contributed by atoms with Crippen LogP contribution in [0.1, 0.15) is 11.1 Å². The maximum absolute atomic E-state index is 4.16. The van der Waals surface area contributed by atoms with E-state index in [0.29, 0.717) is 0 Å². The van der Waals surface area contributed by atoms with Gasteiger partial charge in [0, 0.05) is 6.54 Å². The molecule has 2 rings (SSSR count). The van der Waals surface area contributed by atoms with Gasteiger partial charge in [0.1, 0.15) is 4.60 Å². The number of hydrogen-bond donors (Lipinski definition) is 1. The summed E-state index contributed by atoms with van der Waals surface area (Å²) >= 11 is 3.31. The minimum Gasteiger partial charge on any atom is -0.380 e. The zero-order valence-electron chi connectivity index (χ0n) is 9.07. The molecule has 3 heteroatoms. The van der Waals surface area contributed by atoms with Crippen molar-refractivity contribution in [3.8, 4) is 0 Å². The number of halogens is 1. The first-order chi connectivity index (χ1) is 7.74. The first-order valence-electron chi connectivity index (χ1n) is 5.15. The third kappa shape index (κ3) is 3.07. The highest BCUT2D eigenvalue weighted by Crippen LogP contribution is 2.12. The lowest BCUT2D eigenvalue weighted by atomic mass is 10.1. The first-order valence-corrected chi connectivity index (χ1v) is 5.94. The van der Waals surface area contributed by atoms with Crippen LogP contribution in [0.15, 0.2) is 47.2 Å². The van der Waals surface area contributed by atoms with Gasteiger partial charge in [-0.15, -0.1) is 0 Å². The number of hydrogen-bond acceptors (Lipinski definition) is 2. The van der Waals surface area contributed by atoms with E-state index < -0.39 is 0 Å². The van der Waals surface area contributed by atoms with Crippen LogP contribution in [0.4, 0.5) is 5.69 Å². The predicted octanol–water partition coefficient (Wildman–Crippen LogP) is 3.76. The van der Waals surface area contributed by atoms with Crippen molar-refractivity contribution in [2.24, 2.45) is 0 Å². The van der Waals surface area contributed by atoms with Crippen LogP contribution in [0.2, 0.25) is 0 Å². The van der Waals surface area contributed by atoms with Gasteiger partial charge in [0.15, 0.2) is 0 Å². The quantitative estimate of drug-likeness (QED) is 0.864. The molecule has 0 fully saturated rings. The van der Waals surface area contributed by atoms with Crippen LogP contribution < -0.4 is 5.32 Å². The van der Waals surface area contributed by atoms with Gasteiger partial charge in [-0.2, -0.15) is 0 Å². The highest BCUT2D eigenvalue weighted by atomic mass is 79.9. The number of rotatable bonds is 3. The van der Waals surface area contributed by atoms with Gasteiger partial charge in [-0.3, -0.25) is 0 Å². The van der Waals surface area contributed by atoms with Crippen molar-refractivity contribution < 1.29 is 0 Å². The van der Waals surface area contributed by atoms with E-state index in [-0.39, 0.29) is 0 Å². The average Bonchev–Trinajstić information content (AvgIpc) is 2.28. The Morgan fingerprint density at radius 3 is 2.81 bits per heavy atom. The maximum Gasteiger partial charge on any atom is 0.106 e. The van der Waals surface area contributed by atoms with Gasteiger partial charge in [0.2, 0.25) is 0 Å². The molecule has 0 atom stereocenters. The molecular formula is C13H13BrN2. The number of nitrogens with one attached hydrogen (secondary N) is 1. The second-order valence-electron chi connectivity index (χ2n) is 3.71. The summed E-state index contributed by atoms with van der Waals surface area (Å²) in [6.45, 7) is 2.93. The van der Waals surface area contributed by atoms with E-state index in [2.05, 4.69) is 57.4 Å². The minimum atomic E-state index is 0.824. The lowest BCUT2D eigenvalue weighted by molar-refractivity contribution is 1.13. The molecule has 2 nitrogen and oxygen atoms in total. The van der Waals surface area contributed by atoms with Crippen molar-refractivity contribution in [1.29, 1.82) is 0 Å². The number of benzene rings is 1. The Balaban J connectivity index is 1.99. The van der Waals surface area contributed by atoms with Crippen molar-refractivity contribution in [1.82, 2.24) is 4.98 Å². The largest absolute Gasteiger partial charge is 0.380 e. The Labute approximate surface area is 104 Å². The molecule has 0 unspecified atom stereocenters. The van der Waals surface area contributed by atoms with E-state index in [1.807, 2.05) is 18.3 Å². The molecule has 1 heterocycles. The highest BCUT2D eigenvalue weighted by molar-refractivity contribution is 9.10. The summed E-state index contributed by atoms with van der Waals surface area (Å²) in [7, 11) is 0. The van der Waals surface area contributed by atoms with Crippen molar-refractivity contribution in [2.45, 2.75) is 13.5 Å². The summed E-state index contributed by atoms with van der Waals surface area (Å²) in [5, 5.41) is 3.33. The summed E-state index contributed by atoms with van der Waals surface area (Å²) in [4.78, 5) is 4.16. The first kappa shape index (κ1) is 11.1. The van der Waals surface area contributed by atoms with E-state index in [1.165, 1.54) is 11.1 Å². The Bertz CT molecular complexity index is 466. The van der Waals surface area contributed by atoms with Crippen LogP contribution in [0.3, 0.4) is 0 Å². The third-order valence-corrected chi connectivity index (χ3v) is 2.78.